The van der Waals surface area contributed by atoms with Crippen LogP contribution in [0.3, 0.4) is 0 Å². The van der Waals surface area contributed by atoms with Gasteiger partial charge in [0.1, 0.15) is 0 Å². The summed E-state index contributed by atoms with van der Waals surface area (Å²) in [6, 6.07) is 12.8. The molecular formula is C20H20N2O5. The monoisotopic (exact) mass is 368 g/mol. The summed E-state index contributed by atoms with van der Waals surface area (Å²) in [6.07, 6.45) is -1.08. The summed E-state index contributed by atoms with van der Waals surface area (Å²) in [5.74, 6) is -1.72. The Bertz CT molecular complexity index is 891. The van der Waals surface area contributed by atoms with Crippen LogP contribution in [0.2, 0.25) is 0 Å². The molecule has 27 heavy (non-hydrogen) atoms. The molecule has 7 heteroatoms. The average Bonchev–Trinajstić information content (AvgIpc) is 2.61. The number of esters is 1. The van der Waals surface area contributed by atoms with E-state index < -0.39 is 18.0 Å². The predicted molar refractivity (Wildman–Crippen MR) is 101 cm³/mol. The molecule has 0 unspecified atom stereocenters. The van der Waals surface area contributed by atoms with Gasteiger partial charge in [0.25, 0.3) is 5.91 Å². The van der Waals surface area contributed by atoms with Crippen LogP contribution < -0.4 is 10.6 Å². The van der Waals surface area contributed by atoms with E-state index in [1.165, 1.54) is 32.9 Å². The number of hydrogen-bond acceptors (Lipinski definition) is 5. The van der Waals surface area contributed by atoms with E-state index in [4.69, 9.17) is 4.74 Å². The van der Waals surface area contributed by atoms with E-state index >= 15 is 0 Å². The summed E-state index contributed by atoms with van der Waals surface area (Å²) in [5.41, 5.74) is 1.37. The summed E-state index contributed by atoms with van der Waals surface area (Å²) >= 11 is 0. The molecule has 2 aromatic carbocycles. The molecule has 2 rings (SSSR count). The van der Waals surface area contributed by atoms with Gasteiger partial charge in [0, 0.05) is 18.2 Å². The van der Waals surface area contributed by atoms with Crippen molar-refractivity contribution in [3.05, 3.63) is 59.7 Å². The molecular weight excluding hydrogens is 348 g/mol. The lowest BCUT2D eigenvalue weighted by Crippen LogP contribution is -2.30. The zero-order chi connectivity index (χ0) is 20.0. The van der Waals surface area contributed by atoms with Gasteiger partial charge in [0.15, 0.2) is 11.9 Å². The number of anilines is 2. The summed E-state index contributed by atoms with van der Waals surface area (Å²) in [7, 11) is 0. The third-order valence-electron chi connectivity index (χ3n) is 3.64. The Morgan fingerprint density at radius 2 is 1.63 bits per heavy atom. The zero-order valence-corrected chi connectivity index (χ0v) is 15.2. The van der Waals surface area contributed by atoms with E-state index in [1.807, 2.05) is 0 Å². The topological polar surface area (TPSA) is 102 Å². The lowest BCUT2D eigenvalue weighted by atomic mass is 10.1. The molecule has 1 atom stereocenters. The SMILES string of the molecule is CC(=O)Nc1cccc(C(=O)O[C@H](C)C(=O)Nc2ccccc2C(C)=O)c1. The smallest absolute Gasteiger partial charge is 0.338 e. The highest BCUT2D eigenvalue weighted by Gasteiger charge is 2.20. The van der Waals surface area contributed by atoms with Crippen molar-refractivity contribution >= 4 is 34.9 Å². The van der Waals surface area contributed by atoms with Crippen LogP contribution in [-0.2, 0) is 14.3 Å². The van der Waals surface area contributed by atoms with E-state index in [9.17, 15) is 19.2 Å². The first kappa shape index (κ1) is 19.8. The van der Waals surface area contributed by atoms with Crippen LogP contribution >= 0.6 is 0 Å². The minimum Gasteiger partial charge on any atom is -0.449 e. The second-order valence-electron chi connectivity index (χ2n) is 5.90. The van der Waals surface area contributed by atoms with Crippen LogP contribution in [0.5, 0.6) is 0 Å². The predicted octanol–water partition coefficient (Wildman–Crippen LogP) is 3.03. The molecule has 0 spiro atoms. The molecule has 0 aliphatic heterocycles. The number of amides is 2. The number of carbonyl (C=O) groups excluding carboxylic acids is 4. The summed E-state index contributed by atoms with van der Waals surface area (Å²) in [4.78, 5) is 47.3. The average molecular weight is 368 g/mol. The summed E-state index contributed by atoms with van der Waals surface area (Å²) in [5, 5.41) is 5.16. The van der Waals surface area contributed by atoms with Gasteiger partial charge in [-0.1, -0.05) is 18.2 Å². The number of para-hydroxylation sites is 1. The molecule has 0 aliphatic rings. The number of Topliss-reactive ketones (excluding diaryl/α,β-unsaturated/α-hetero) is 1. The molecule has 0 bridgehead atoms. The van der Waals surface area contributed by atoms with Gasteiger partial charge in [-0.3, -0.25) is 14.4 Å². The number of nitrogens with one attached hydrogen (secondary N) is 2. The largest absolute Gasteiger partial charge is 0.449 e. The van der Waals surface area contributed by atoms with Crippen LogP contribution in [0.15, 0.2) is 48.5 Å². The van der Waals surface area contributed by atoms with E-state index in [2.05, 4.69) is 10.6 Å². The van der Waals surface area contributed by atoms with Gasteiger partial charge in [-0.05, 0) is 44.2 Å². The maximum absolute atomic E-state index is 12.3. The molecule has 0 radical (unpaired) electrons. The molecule has 0 aliphatic carbocycles. The van der Waals surface area contributed by atoms with Gasteiger partial charge >= 0.3 is 5.97 Å². The van der Waals surface area contributed by atoms with Gasteiger partial charge in [-0.15, -0.1) is 0 Å². The summed E-state index contributed by atoms with van der Waals surface area (Å²) in [6.45, 7) is 4.19. The summed E-state index contributed by atoms with van der Waals surface area (Å²) < 4.78 is 5.18. The molecule has 0 saturated heterocycles. The van der Waals surface area contributed by atoms with Crippen LogP contribution in [0.1, 0.15) is 41.5 Å². The minimum atomic E-state index is -1.08. The van der Waals surface area contributed by atoms with E-state index in [0.717, 1.165) is 0 Å². The molecule has 140 valence electrons. The Morgan fingerprint density at radius 3 is 2.30 bits per heavy atom. The number of hydrogen-bond donors (Lipinski definition) is 2. The van der Waals surface area contributed by atoms with Crippen molar-refractivity contribution in [2.24, 2.45) is 0 Å². The van der Waals surface area contributed by atoms with Crippen molar-refractivity contribution in [3.8, 4) is 0 Å². The molecule has 0 fully saturated rings. The first-order valence-corrected chi connectivity index (χ1v) is 8.27. The second-order valence-corrected chi connectivity index (χ2v) is 5.90. The number of carbonyl (C=O) groups is 4. The van der Waals surface area contributed by atoms with Crippen LogP contribution in [0.4, 0.5) is 11.4 Å². The quantitative estimate of drug-likeness (QED) is 0.603. The molecule has 2 N–H and O–H groups in total. The van der Waals surface area contributed by atoms with Crippen molar-refractivity contribution in [3.63, 3.8) is 0 Å². The van der Waals surface area contributed by atoms with E-state index in [1.54, 1.807) is 36.4 Å². The molecule has 2 aromatic rings. The first-order valence-electron chi connectivity index (χ1n) is 8.27. The van der Waals surface area contributed by atoms with Gasteiger partial charge in [0.05, 0.1) is 11.3 Å². The van der Waals surface area contributed by atoms with Gasteiger partial charge in [-0.2, -0.15) is 0 Å². The second kappa shape index (κ2) is 8.75. The minimum absolute atomic E-state index is 0.190. The third-order valence-corrected chi connectivity index (χ3v) is 3.64. The van der Waals surface area contributed by atoms with Gasteiger partial charge < -0.3 is 15.4 Å². The van der Waals surface area contributed by atoms with Crippen LogP contribution in [0.25, 0.3) is 0 Å². The molecule has 0 heterocycles. The molecule has 0 aromatic heterocycles. The Labute approximate surface area is 156 Å². The fourth-order valence-corrected chi connectivity index (χ4v) is 2.34. The Balaban J connectivity index is 2.05. The number of ketones is 1. The van der Waals surface area contributed by atoms with Crippen molar-refractivity contribution in [1.29, 1.82) is 0 Å². The van der Waals surface area contributed by atoms with Gasteiger partial charge in [-0.25, -0.2) is 4.79 Å². The Kier molecular flexibility index (Phi) is 6.43. The number of benzene rings is 2. The van der Waals surface area contributed by atoms with Crippen LogP contribution in [-0.4, -0.2) is 29.7 Å². The normalized spacial score (nSPS) is 11.2. The maximum atomic E-state index is 12.3. The molecule has 2 amide bonds. The van der Waals surface area contributed by atoms with Crippen molar-refractivity contribution in [2.45, 2.75) is 26.9 Å². The van der Waals surface area contributed by atoms with Crippen molar-refractivity contribution in [1.82, 2.24) is 0 Å². The number of ether oxygens (including phenoxy) is 1. The van der Waals surface area contributed by atoms with Crippen molar-refractivity contribution < 1.29 is 23.9 Å². The van der Waals surface area contributed by atoms with Gasteiger partial charge in [0.2, 0.25) is 5.91 Å². The fourth-order valence-electron chi connectivity index (χ4n) is 2.34. The highest BCUT2D eigenvalue weighted by molar-refractivity contribution is 6.05. The Hall–Kier alpha value is -3.48. The highest BCUT2D eigenvalue weighted by Crippen LogP contribution is 2.17. The third kappa shape index (κ3) is 5.50. The van der Waals surface area contributed by atoms with E-state index in [0.29, 0.717) is 16.9 Å². The van der Waals surface area contributed by atoms with Crippen molar-refractivity contribution in [2.75, 3.05) is 10.6 Å². The fraction of sp³-hybridized carbons (Fsp3) is 0.200. The van der Waals surface area contributed by atoms with E-state index in [-0.39, 0.29) is 17.3 Å². The first-order chi connectivity index (χ1) is 12.8. The van der Waals surface area contributed by atoms with Crippen LogP contribution in [0, 0.1) is 0 Å². The standard InChI is InChI=1S/C20H20N2O5/c1-12(23)17-9-4-5-10-18(17)22-19(25)13(2)27-20(26)15-7-6-8-16(11-15)21-14(3)24/h4-11,13H,1-3H3,(H,21,24)(H,22,25)/t13-/m1/s1. The lowest BCUT2D eigenvalue weighted by molar-refractivity contribution is -0.123. The lowest BCUT2D eigenvalue weighted by Gasteiger charge is -2.15. The Morgan fingerprint density at radius 1 is 0.926 bits per heavy atom. The molecule has 0 saturated carbocycles. The molecule has 7 nitrogen and oxygen atoms in total. The highest BCUT2D eigenvalue weighted by atomic mass is 16.5. The zero-order valence-electron chi connectivity index (χ0n) is 15.2. The maximum Gasteiger partial charge on any atom is 0.338 e. The number of rotatable bonds is 6.